The maximum Gasteiger partial charge on any atom is 0.410 e. The highest BCUT2D eigenvalue weighted by Gasteiger charge is 2.38. The molecule has 1 aliphatic rings. The Labute approximate surface area is 363 Å². The fourth-order valence-electron chi connectivity index (χ4n) is 8.17. The normalized spacial score (nSPS) is 14.1. The Morgan fingerprint density at radius 1 is 0.823 bits per heavy atom. The van der Waals surface area contributed by atoms with Gasteiger partial charge in [0.15, 0.2) is 11.5 Å². The van der Waals surface area contributed by atoms with Gasteiger partial charge < -0.3 is 29.6 Å². The summed E-state index contributed by atoms with van der Waals surface area (Å²) in [5, 5.41) is 15.2. The predicted octanol–water partition coefficient (Wildman–Crippen LogP) is 8.86. The zero-order valence-electron chi connectivity index (χ0n) is 35.7. The van der Waals surface area contributed by atoms with Crippen molar-refractivity contribution in [3.8, 4) is 16.9 Å². The van der Waals surface area contributed by atoms with Gasteiger partial charge in [-0.2, -0.15) is 5.48 Å². The number of ketones is 1. The van der Waals surface area contributed by atoms with E-state index < -0.39 is 35.7 Å². The molecule has 3 amide bonds. The average molecular weight is 838 g/mol. The largest absolute Gasteiger partial charge is 0.448 e. The maximum atomic E-state index is 14.4. The minimum Gasteiger partial charge on any atom is -0.448 e. The van der Waals surface area contributed by atoms with Crippen LogP contribution >= 0.6 is 0 Å². The highest BCUT2D eigenvalue weighted by molar-refractivity contribution is 5.91. The van der Waals surface area contributed by atoms with Crippen LogP contribution in [0.15, 0.2) is 140 Å². The topological polar surface area (TPSA) is 144 Å². The number of ether oxygens (including phenoxy) is 2. The number of rotatable bonds is 19. The van der Waals surface area contributed by atoms with E-state index in [9.17, 15) is 24.3 Å². The van der Waals surface area contributed by atoms with E-state index in [-0.39, 0.29) is 56.0 Å². The van der Waals surface area contributed by atoms with Gasteiger partial charge in [0.05, 0.1) is 6.04 Å². The molecule has 0 saturated carbocycles. The fourth-order valence-corrected chi connectivity index (χ4v) is 8.17. The lowest BCUT2D eigenvalue weighted by Gasteiger charge is -2.32. The lowest BCUT2D eigenvalue weighted by Crippen LogP contribution is -2.48. The molecular weight excluding hydrogens is 783 g/mol. The number of hydroxylamine groups is 1. The first-order chi connectivity index (χ1) is 30.0. The number of benzene rings is 5. The highest BCUT2D eigenvalue weighted by atomic mass is 16.7. The van der Waals surface area contributed by atoms with Crippen LogP contribution in [0.1, 0.15) is 72.4 Å². The van der Waals surface area contributed by atoms with Gasteiger partial charge in [0.1, 0.15) is 18.8 Å². The van der Waals surface area contributed by atoms with E-state index in [1.807, 2.05) is 112 Å². The van der Waals surface area contributed by atoms with Gasteiger partial charge in [-0.1, -0.05) is 160 Å². The van der Waals surface area contributed by atoms with E-state index in [1.54, 1.807) is 31.3 Å². The van der Waals surface area contributed by atoms with E-state index in [0.29, 0.717) is 23.1 Å². The first-order valence-corrected chi connectivity index (χ1v) is 21.0. The molecule has 322 valence electrons. The smallest absolute Gasteiger partial charge is 0.410 e. The number of aryl methyl sites for hydroxylation is 1. The van der Waals surface area contributed by atoms with E-state index in [2.05, 4.69) is 29.5 Å². The lowest BCUT2D eigenvalue weighted by molar-refractivity contribution is -0.136. The third-order valence-electron chi connectivity index (χ3n) is 11.7. The number of nitrogens with zero attached hydrogens (tertiary/aromatic N) is 1. The predicted molar refractivity (Wildman–Crippen MR) is 238 cm³/mol. The molecular formula is C51H55N3O8. The number of amides is 3. The molecule has 11 heteroatoms. The number of likely N-dealkylation sites (N-methyl/N-ethyl adjacent to an activating group) is 1. The second kappa shape index (κ2) is 20.7. The molecule has 1 aliphatic carbocycles. The molecule has 5 aromatic carbocycles. The number of Topliss-reactive ketones (excluding diaryl/α,β-unsaturated/α-hetero) is 1. The minimum absolute atomic E-state index is 0.00179. The number of alkyl carbamates (subject to hydrolysis) is 1. The summed E-state index contributed by atoms with van der Waals surface area (Å²) in [5.74, 6) is -2.28. The summed E-state index contributed by atoms with van der Waals surface area (Å²) in [7, 11) is 1.54. The zero-order chi connectivity index (χ0) is 44.2. The number of carbonyl (C=O) groups excluding carboxylic acids is 4. The van der Waals surface area contributed by atoms with Gasteiger partial charge in [0.25, 0.3) is 5.91 Å². The maximum absolute atomic E-state index is 14.4. The average Bonchev–Trinajstić information content (AvgIpc) is 3.62. The quantitative estimate of drug-likeness (QED) is 0.0426. The van der Waals surface area contributed by atoms with Crippen molar-refractivity contribution in [2.75, 3.05) is 26.8 Å². The Kier molecular flexibility index (Phi) is 15.0. The molecule has 6 rings (SSSR count). The first kappa shape index (κ1) is 44.8. The van der Waals surface area contributed by atoms with E-state index in [1.165, 1.54) is 11.0 Å². The second-order valence-corrected chi connectivity index (χ2v) is 15.7. The summed E-state index contributed by atoms with van der Waals surface area (Å²) in [6.45, 7) is 9.40. The van der Waals surface area contributed by atoms with E-state index in [0.717, 1.165) is 27.8 Å². The summed E-state index contributed by atoms with van der Waals surface area (Å²) in [5.41, 5.74) is 7.77. The number of carbonyl (C=O) groups is 4. The summed E-state index contributed by atoms with van der Waals surface area (Å²) in [4.78, 5) is 62.0. The van der Waals surface area contributed by atoms with Crippen molar-refractivity contribution < 1.29 is 38.6 Å². The van der Waals surface area contributed by atoms with Crippen LogP contribution in [0.3, 0.4) is 0 Å². The summed E-state index contributed by atoms with van der Waals surface area (Å²) in [6.07, 6.45) is 0.389. The molecule has 0 heterocycles. The molecule has 0 spiro atoms. The molecule has 62 heavy (non-hydrogen) atoms. The third-order valence-corrected chi connectivity index (χ3v) is 11.7. The summed E-state index contributed by atoms with van der Waals surface area (Å²) >= 11 is 0. The summed E-state index contributed by atoms with van der Waals surface area (Å²) in [6, 6.07) is 38.7. The van der Waals surface area contributed by atoms with Crippen molar-refractivity contribution in [3.05, 3.63) is 173 Å². The van der Waals surface area contributed by atoms with Gasteiger partial charge in [-0.15, -0.1) is 0 Å². The van der Waals surface area contributed by atoms with E-state index >= 15 is 0 Å². The third kappa shape index (κ3) is 10.1. The van der Waals surface area contributed by atoms with Gasteiger partial charge in [0, 0.05) is 37.4 Å². The zero-order valence-corrected chi connectivity index (χ0v) is 35.7. The number of aliphatic hydroxyl groups is 1. The molecule has 0 fully saturated rings. The van der Waals surface area contributed by atoms with Crippen molar-refractivity contribution in [3.63, 3.8) is 0 Å². The molecule has 0 saturated heterocycles. The second-order valence-electron chi connectivity index (χ2n) is 15.7. The minimum atomic E-state index is -1.67. The number of hydrogen-bond donors (Lipinski definition) is 3. The Balaban J connectivity index is 1.21. The van der Waals surface area contributed by atoms with Crippen molar-refractivity contribution in [2.24, 2.45) is 11.8 Å². The van der Waals surface area contributed by atoms with Crippen LogP contribution in [0.4, 0.5) is 9.59 Å². The first-order valence-electron chi connectivity index (χ1n) is 21.0. The molecule has 4 atom stereocenters. The monoisotopic (exact) mass is 837 g/mol. The molecule has 3 N–H and O–H groups in total. The van der Waals surface area contributed by atoms with Crippen LogP contribution in [-0.4, -0.2) is 66.7 Å². The van der Waals surface area contributed by atoms with Crippen LogP contribution in [0.5, 0.6) is 5.75 Å². The molecule has 0 aliphatic heterocycles. The van der Waals surface area contributed by atoms with Crippen molar-refractivity contribution >= 4 is 23.9 Å². The molecule has 0 aromatic heterocycles. The Morgan fingerprint density at radius 2 is 1.42 bits per heavy atom. The van der Waals surface area contributed by atoms with Gasteiger partial charge in [-0.3, -0.25) is 9.59 Å². The number of nitrogens with one attached hydrogen (secondary N) is 2. The lowest BCUT2D eigenvalue weighted by atomic mass is 9.80. The van der Waals surface area contributed by atoms with Crippen molar-refractivity contribution in [1.82, 2.24) is 15.7 Å². The molecule has 0 bridgehead atoms. The van der Waals surface area contributed by atoms with Crippen LogP contribution in [0.2, 0.25) is 0 Å². The van der Waals surface area contributed by atoms with E-state index in [4.69, 9.17) is 14.3 Å². The van der Waals surface area contributed by atoms with Crippen LogP contribution < -0.4 is 15.6 Å². The van der Waals surface area contributed by atoms with Crippen molar-refractivity contribution in [1.29, 1.82) is 0 Å². The Morgan fingerprint density at radius 3 is 2.06 bits per heavy atom. The van der Waals surface area contributed by atoms with Gasteiger partial charge in [-0.25, -0.2) is 9.59 Å². The standard InChI is InChI=1S/C51H55N3O8/c1-6-31-60-49(57)52-30-29-36(48(56)53-62-46-24-16-15-23-44(46)51(59,37-17-9-8-10-18-37)38-27-25-34(3)26-28-38)32-45(55)47(35(4)7-2)54(5)50(58)61-33-43-41-21-13-11-19-39(41)40-20-12-14-22-42(40)43/h6,8-28,35-36,43,47,59H,1,7,29-33H2,2-5H3,(H,52,57)(H,53,56). The van der Waals surface area contributed by atoms with Crippen LogP contribution in [-0.2, 0) is 24.7 Å². The number of fused-ring (bicyclic) bond motifs is 3. The fraction of sp³-hybridized carbons (Fsp3) is 0.294. The molecule has 5 aromatic rings. The van der Waals surface area contributed by atoms with Crippen LogP contribution in [0, 0.1) is 18.8 Å². The highest BCUT2D eigenvalue weighted by Crippen LogP contribution is 2.45. The van der Waals surface area contributed by atoms with Gasteiger partial charge >= 0.3 is 12.2 Å². The molecule has 11 nitrogen and oxygen atoms in total. The number of para-hydroxylation sites is 1. The summed E-state index contributed by atoms with van der Waals surface area (Å²) < 4.78 is 11.0. The molecule has 0 radical (unpaired) electrons. The van der Waals surface area contributed by atoms with Crippen LogP contribution in [0.25, 0.3) is 11.1 Å². The molecule has 4 unspecified atom stereocenters. The SMILES string of the molecule is C=CCOC(=O)NCCC(CC(=O)C(C(C)CC)N(C)C(=O)OCC1c2ccccc2-c2ccccc21)C(=O)NOc1ccccc1C(O)(c1ccccc1)c1ccc(C)cc1. The number of hydrogen-bond acceptors (Lipinski definition) is 8. The Hall–Kier alpha value is -6.72. The van der Waals surface area contributed by atoms with Gasteiger partial charge in [0.2, 0.25) is 0 Å². The van der Waals surface area contributed by atoms with Gasteiger partial charge in [-0.05, 0) is 58.7 Å². The Bertz CT molecular complexity index is 2300. The van der Waals surface area contributed by atoms with Crippen molar-refractivity contribution in [2.45, 2.75) is 57.6 Å².